The lowest BCUT2D eigenvalue weighted by Crippen LogP contribution is -2.57. The third-order valence-electron chi connectivity index (χ3n) is 5.10. The van der Waals surface area contributed by atoms with Crippen LogP contribution in [0, 0.1) is 0 Å². The number of rotatable bonds is 14. The van der Waals surface area contributed by atoms with Crippen molar-refractivity contribution in [2.45, 2.75) is 62.7 Å². The molecule has 4 amide bonds. The molecule has 1 rings (SSSR count). The van der Waals surface area contributed by atoms with Crippen LogP contribution in [-0.4, -0.2) is 93.4 Å². The van der Waals surface area contributed by atoms with E-state index in [0.29, 0.717) is 18.6 Å². The zero-order chi connectivity index (χ0) is 25.1. The van der Waals surface area contributed by atoms with Gasteiger partial charge in [-0.1, -0.05) is 0 Å². The van der Waals surface area contributed by atoms with E-state index < -0.39 is 66.2 Å². The maximum absolute atomic E-state index is 12.9. The summed E-state index contributed by atoms with van der Waals surface area (Å²) in [5.41, 5.74) is 10.9. The molecule has 1 fully saturated rings. The number of hydrogen-bond acceptors (Lipinski definition) is 8. The van der Waals surface area contributed by atoms with Crippen molar-refractivity contribution < 1.29 is 39.0 Å². The predicted octanol–water partition coefficient (Wildman–Crippen LogP) is -2.15. The van der Waals surface area contributed by atoms with E-state index in [1.165, 1.54) is 11.8 Å². The van der Waals surface area contributed by atoms with E-state index in [2.05, 4.69) is 10.6 Å². The Morgan fingerprint density at radius 3 is 2.24 bits per heavy atom. The van der Waals surface area contributed by atoms with Gasteiger partial charge in [0.15, 0.2) is 0 Å². The first-order valence-corrected chi connectivity index (χ1v) is 11.8. The van der Waals surface area contributed by atoms with Crippen molar-refractivity contribution in [3.05, 3.63) is 0 Å². The topological polar surface area (TPSA) is 222 Å². The summed E-state index contributed by atoms with van der Waals surface area (Å²) in [4.78, 5) is 73.0. The van der Waals surface area contributed by atoms with Crippen LogP contribution in [0.5, 0.6) is 0 Å². The van der Waals surface area contributed by atoms with Crippen LogP contribution in [-0.2, 0) is 28.8 Å². The first kappa shape index (κ1) is 28.2. The molecular weight excluding hydrogens is 458 g/mol. The summed E-state index contributed by atoms with van der Waals surface area (Å²) < 4.78 is 0. The van der Waals surface area contributed by atoms with Gasteiger partial charge < -0.3 is 37.2 Å². The van der Waals surface area contributed by atoms with Gasteiger partial charge in [0, 0.05) is 13.0 Å². The molecule has 14 heteroatoms. The van der Waals surface area contributed by atoms with Crippen LogP contribution >= 0.6 is 11.8 Å². The lowest BCUT2D eigenvalue weighted by atomic mass is 10.1. The van der Waals surface area contributed by atoms with Crippen molar-refractivity contribution in [1.29, 1.82) is 0 Å². The fourth-order valence-electron chi connectivity index (χ4n) is 3.34. The molecule has 0 radical (unpaired) electrons. The van der Waals surface area contributed by atoms with Gasteiger partial charge in [0.25, 0.3) is 0 Å². The Hall–Kier alpha value is -2.87. The number of carboxylic acid groups (broad SMARTS) is 2. The monoisotopic (exact) mass is 489 g/mol. The van der Waals surface area contributed by atoms with Gasteiger partial charge in [0.2, 0.25) is 23.6 Å². The number of nitrogens with zero attached hydrogens (tertiary/aromatic N) is 1. The number of hydrogen-bond donors (Lipinski definition) is 6. The van der Waals surface area contributed by atoms with E-state index >= 15 is 0 Å². The molecule has 4 atom stereocenters. The van der Waals surface area contributed by atoms with Crippen LogP contribution in [0.1, 0.15) is 38.5 Å². The highest BCUT2D eigenvalue weighted by Gasteiger charge is 2.39. The number of primary amides is 1. The minimum absolute atomic E-state index is 0.105. The van der Waals surface area contributed by atoms with Crippen molar-refractivity contribution >= 4 is 47.3 Å². The summed E-state index contributed by atoms with van der Waals surface area (Å²) in [6, 6.07) is -4.90. The summed E-state index contributed by atoms with van der Waals surface area (Å²) in [7, 11) is 0. The largest absolute Gasteiger partial charge is 0.481 e. The smallest absolute Gasteiger partial charge is 0.326 e. The van der Waals surface area contributed by atoms with Gasteiger partial charge in [-0.25, -0.2) is 4.79 Å². The molecule has 1 aliphatic heterocycles. The number of carbonyl (C=O) groups excluding carboxylic acids is 4. The fraction of sp³-hybridized carbons (Fsp3) is 0.684. The molecule has 1 aliphatic rings. The van der Waals surface area contributed by atoms with Gasteiger partial charge in [-0.05, 0) is 37.7 Å². The van der Waals surface area contributed by atoms with E-state index in [9.17, 15) is 39.0 Å². The summed E-state index contributed by atoms with van der Waals surface area (Å²) in [6.45, 7) is 0.105. The second-order valence-electron chi connectivity index (χ2n) is 7.64. The Balaban J connectivity index is 3.00. The maximum atomic E-state index is 12.9. The molecule has 0 bridgehead atoms. The van der Waals surface area contributed by atoms with Crippen LogP contribution in [0.15, 0.2) is 0 Å². The van der Waals surface area contributed by atoms with Crippen molar-refractivity contribution in [3.8, 4) is 0 Å². The highest BCUT2D eigenvalue weighted by atomic mass is 32.2. The van der Waals surface area contributed by atoms with Gasteiger partial charge in [0.1, 0.15) is 18.1 Å². The Morgan fingerprint density at radius 1 is 1.06 bits per heavy atom. The number of carboxylic acids is 2. The molecule has 186 valence electrons. The van der Waals surface area contributed by atoms with Crippen LogP contribution < -0.4 is 22.1 Å². The van der Waals surface area contributed by atoms with Crippen molar-refractivity contribution in [1.82, 2.24) is 15.5 Å². The number of nitrogens with two attached hydrogens (primary N) is 2. The number of nitrogens with one attached hydrogen (secondary N) is 2. The number of thioether (sulfide) groups is 1. The average Bonchev–Trinajstić information content (AvgIpc) is 3.23. The first-order valence-electron chi connectivity index (χ1n) is 10.4. The van der Waals surface area contributed by atoms with Gasteiger partial charge in [-0.15, -0.1) is 0 Å². The molecule has 33 heavy (non-hydrogen) atoms. The lowest BCUT2D eigenvalue weighted by molar-refractivity contribution is -0.150. The van der Waals surface area contributed by atoms with Crippen molar-refractivity contribution in [2.24, 2.45) is 11.5 Å². The summed E-state index contributed by atoms with van der Waals surface area (Å²) in [6.07, 6.45) is 1.55. The van der Waals surface area contributed by atoms with E-state index in [0.717, 1.165) is 4.90 Å². The Morgan fingerprint density at radius 2 is 1.70 bits per heavy atom. The zero-order valence-electron chi connectivity index (χ0n) is 18.3. The van der Waals surface area contributed by atoms with Crippen LogP contribution in [0.2, 0.25) is 0 Å². The molecule has 1 saturated heterocycles. The average molecular weight is 490 g/mol. The fourth-order valence-corrected chi connectivity index (χ4v) is 3.83. The van der Waals surface area contributed by atoms with Crippen LogP contribution in [0.4, 0.5) is 0 Å². The SMILES string of the molecule is CSCCC(N)C(=O)NC(CCC(N)=O)C(=O)NC(CC(=O)O)C(=O)N1CCCC1C(=O)O. The highest BCUT2D eigenvalue weighted by molar-refractivity contribution is 7.98. The van der Waals surface area contributed by atoms with E-state index in [4.69, 9.17) is 11.5 Å². The molecule has 0 aromatic heterocycles. The van der Waals surface area contributed by atoms with Crippen molar-refractivity contribution in [2.75, 3.05) is 18.6 Å². The summed E-state index contributed by atoms with van der Waals surface area (Å²) in [5, 5.41) is 23.2. The Labute approximate surface area is 195 Å². The molecule has 1 heterocycles. The predicted molar refractivity (Wildman–Crippen MR) is 118 cm³/mol. The molecule has 0 saturated carbocycles. The van der Waals surface area contributed by atoms with Gasteiger partial charge in [-0.2, -0.15) is 11.8 Å². The molecule has 0 aliphatic carbocycles. The summed E-state index contributed by atoms with van der Waals surface area (Å²) in [5.74, 6) is -5.17. The third-order valence-corrected chi connectivity index (χ3v) is 5.74. The standard InChI is InChI=1S/C19H31N5O8S/c1-33-8-6-10(20)16(28)22-11(4-5-14(21)25)17(29)23-12(9-15(26)27)18(30)24-7-2-3-13(24)19(31)32/h10-13H,2-9,20H2,1H3,(H2,21,25)(H,22,28)(H,23,29)(H,26,27)(H,31,32). The summed E-state index contributed by atoms with van der Waals surface area (Å²) >= 11 is 1.48. The number of amides is 4. The first-order chi connectivity index (χ1) is 15.5. The Bertz CT molecular complexity index is 764. The zero-order valence-corrected chi connectivity index (χ0v) is 19.1. The normalized spacial score (nSPS) is 18.1. The van der Waals surface area contributed by atoms with Crippen LogP contribution in [0.3, 0.4) is 0 Å². The van der Waals surface area contributed by atoms with Crippen LogP contribution in [0.25, 0.3) is 0 Å². The van der Waals surface area contributed by atoms with Gasteiger partial charge >= 0.3 is 11.9 Å². The molecule has 0 aromatic rings. The molecule has 13 nitrogen and oxygen atoms in total. The second kappa shape index (κ2) is 13.6. The minimum Gasteiger partial charge on any atom is -0.481 e. The number of carbonyl (C=O) groups is 6. The van der Waals surface area contributed by atoms with Gasteiger partial charge in [0.05, 0.1) is 12.5 Å². The maximum Gasteiger partial charge on any atom is 0.326 e. The number of likely N-dealkylation sites (tertiary alicyclic amines) is 1. The third kappa shape index (κ3) is 9.26. The number of aliphatic carboxylic acids is 2. The van der Waals surface area contributed by atoms with E-state index in [1.54, 1.807) is 0 Å². The second-order valence-corrected chi connectivity index (χ2v) is 8.63. The molecule has 4 unspecified atom stereocenters. The molecule has 0 aromatic carbocycles. The highest BCUT2D eigenvalue weighted by Crippen LogP contribution is 2.19. The van der Waals surface area contributed by atoms with Gasteiger partial charge in [-0.3, -0.25) is 24.0 Å². The molecule has 8 N–H and O–H groups in total. The molecule has 0 spiro atoms. The minimum atomic E-state index is -1.56. The quantitative estimate of drug-likeness (QED) is 0.155. The molecular formula is C19H31N5O8S. The lowest BCUT2D eigenvalue weighted by Gasteiger charge is -2.28. The van der Waals surface area contributed by atoms with Crippen molar-refractivity contribution in [3.63, 3.8) is 0 Å². The van der Waals surface area contributed by atoms with E-state index in [-0.39, 0.29) is 25.8 Å². The van der Waals surface area contributed by atoms with E-state index in [1.807, 2.05) is 6.26 Å². The Kier molecular flexibility index (Phi) is 11.6.